The maximum absolute atomic E-state index is 12.8. The molecular weight excluding hydrogens is 348 g/mol. The molecule has 148 valence electrons. The number of pyridine rings is 1. The largest absolute Gasteiger partial charge is 0.379 e. The van der Waals surface area contributed by atoms with Crippen molar-refractivity contribution in [3.8, 4) is 0 Å². The van der Waals surface area contributed by atoms with Gasteiger partial charge in [0.1, 0.15) is 5.65 Å². The van der Waals surface area contributed by atoms with Crippen LogP contribution in [0.15, 0.2) is 15.8 Å². The molecule has 1 N–H and O–H groups in total. The van der Waals surface area contributed by atoms with Gasteiger partial charge in [0.05, 0.1) is 17.1 Å². The van der Waals surface area contributed by atoms with E-state index in [1.54, 1.807) is 14.2 Å². The highest BCUT2D eigenvalue weighted by Gasteiger charge is 2.26. The van der Waals surface area contributed by atoms with Crippen molar-refractivity contribution in [1.82, 2.24) is 19.4 Å². The van der Waals surface area contributed by atoms with E-state index >= 15 is 0 Å². The fourth-order valence-corrected chi connectivity index (χ4v) is 3.17. The molecule has 1 amide bonds. The van der Waals surface area contributed by atoms with E-state index < -0.39 is 11.2 Å². The molecule has 1 unspecified atom stereocenters. The van der Waals surface area contributed by atoms with Crippen molar-refractivity contribution in [3.05, 3.63) is 38.2 Å². The van der Waals surface area contributed by atoms with Crippen LogP contribution in [0.25, 0.3) is 11.0 Å². The van der Waals surface area contributed by atoms with E-state index in [1.807, 2.05) is 27.7 Å². The molecule has 0 fully saturated rings. The Balaban J connectivity index is 2.52. The standard InChI is InChI=1S/C19H28N4O4/c1-8-11-12(16(24)21-10-13(27-7)19(2,3)4)9-20-15-14(11)17(25)23(6)18(26)22(15)5/h9,13H,8,10H2,1-7H3,(H,21,24). The van der Waals surface area contributed by atoms with Gasteiger partial charge in [-0.05, 0) is 17.4 Å². The topological polar surface area (TPSA) is 95.2 Å². The number of aryl methyl sites for hydroxylation is 2. The van der Waals surface area contributed by atoms with Gasteiger partial charge < -0.3 is 10.1 Å². The molecule has 0 aliphatic rings. The SMILES string of the molecule is CCc1c(C(=O)NCC(OC)C(C)(C)C)cnc2c1c(=O)n(C)c(=O)n2C. The zero-order chi connectivity index (χ0) is 20.5. The van der Waals surface area contributed by atoms with Crippen LogP contribution < -0.4 is 16.6 Å². The van der Waals surface area contributed by atoms with Crippen LogP contribution in [0, 0.1) is 5.41 Å². The second-order valence-electron chi connectivity index (χ2n) is 7.71. The Morgan fingerprint density at radius 3 is 2.41 bits per heavy atom. The van der Waals surface area contributed by atoms with Crippen molar-refractivity contribution in [2.24, 2.45) is 19.5 Å². The summed E-state index contributed by atoms with van der Waals surface area (Å²) in [5, 5.41) is 3.17. The number of nitrogens with one attached hydrogen (secondary N) is 1. The fraction of sp³-hybridized carbons (Fsp3) is 0.579. The first-order valence-corrected chi connectivity index (χ1v) is 8.93. The third kappa shape index (κ3) is 3.80. The third-order valence-electron chi connectivity index (χ3n) is 4.87. The lowest BCUT2D eigenvalue weighted by molar-refractivity contribution is 0.0176. The number of aromatic nitrogens is 3. The summed E-state index contributed by atoms with van der Waals surface area (Å²) in [6.07, 6.45) is 1.73. The number of carbonyl (C=O) groups is 1. The number of hydrogen-bond acceptors (Lipinski definition) is 5. The Labute approximate surface area is 158 Å². The van der Waals surface area contributed by atoms with Crippen molar-refractivity contribution in [2.45, 2.75) is 40.2 Å². The molecule has 0 saturated heterocycles. The van der Waals surface area contributed by atoms with E-state index in [4.69, 9.17) is 4.74 Å². The molecule has 8 nitrogen and oxygen atoms in total. The number of hydrogen-bond donors (Lipinski definition) is 1. The second-order valence-corrected chi connectivity index (χ2v) is 7.71. The highest BCUT2D eigenvalue weighted by molar-refractivity contribution is 5.99. The second kappa shape index (κ2) is 7.64. The van der Waals surface area contributed by atoms with Crippen molar-refractivity contribution in [3.63, 3.8) is 0 Å². The summed E-state index contributed by atoms with van der Waals surface area (Å²) in [6.45, 7) is 8.31. The summed E-state index contributed by atoms with van der Waals surface area (Å²) in [5.41, 5.74) is 0.165. The summed E-state index contributed by atoms with van der Waals surface area (Å²) in [4.78, 5) is 41.8. The lowest BCUT2D eigenvalue weighted by Crippen LogP contribution is -2.41. The van der Waals surface area contributed by atoms with Gasteiger partial charge in [-0.3, -0.25) is 18.7 Å². The molecule has 2 rings (SSSR count). The molecule has 0 spiro atoms. The van der Waals surface area contributed by atoms with Crippen molar-refractivity contribution in [1.29, 1.82) is 0 Å². The quantitative estimate of drug-likeness (QED) is 0.839. The monoisotopic (exact) mass is 376 g/mol. The van der Waals surface area contributed by atoms with Gasteiger partial charge in [0, 0.05) is 33.9 Å². The van der Waals surface area contributed by atoms with Crippen LogP contribution in [0.2, 0.25) is 0 Å². The molecule has 0 bridgehead atoms. The number of rotatable bonds is 5. The summed E-state index contributed by atoms with van der Waals surface area (Å²) in [6, 6.07) is 0. The fourth-order valence-electron chi connectivity index (χ4n) is 3.17. The molecule has 0 aliphatic carbocycles. The van der Waals surface area contributed by atoms with Crippen LogP contribution in [0.3, 0.4) is 0 Å². The first-order chi connectivity index (χ1) is 12.5. The smallest absolute Gasteiger partial charge is 0.332 e. The molecule has 0 aliphatic heterocycles. The highest BCUT2D eigenvalue weighted by atomic mass is 16.5. The van der Waals surface area contributed by atoms with Gasteiger partial charge in [-0.25, -0.2) is 9.78 Å². The van der Waals surface area contributed by atoms with Crippen LogP contribution in [0.1, 0.15) is 43.6 Å². The Kier molecular flexibility index (Phi) is 5.89. The van der Waals surface area contributed by atoms with E-state index in [2.05, 4.69) is 10.3 Å². The average molecular weight is 376 g/mol. The lowest BCUT2D eigenvalue weighted by atomic mass is 9.89. The summed E-state index contributed by atoms with van der Waals surface area (Å²) < 4.78 is 7.82. The molecule has 27 heavy (non-hydrogen) atoms. The van der Waals surface area contributed by atoms with Crippen LogP contribution in [-0.2, 0) is 25.3 Å². The molecule has 2 aromatic rings. The van der Waals surface area contributed by atoms with Crippen LogP contribution >= 0.6 is 0 Å². The predicted octanol–water partition coefficient (Wildman–Crippen LogP) is 0.986. The van der Waals surface area contributed by atoms with Gasteiger partial charge in [0.2, 0.25) is 0 Å². The molecule has 8 heteroatoms. The van der Waals surface area contributed by atoms with Crippen LogP contribution in [-0.4, -0.2) is 39.8 Å². The van der Waals surface area contributed by atoms with Gasteiger partial charge in [-0.2, -0.15) is 0 Å². The summed E-state index contributed by atoms with van der Waals surface area (Å²) in [7, 11) is 4.59. The normalized spacial score (nSPS) is 13.0. The molecule has 0 aromatic carbocycles. The van der Waals surface area contributed by atoms with E-state index in [1.165, 1.54) is 17.8 Å². The maximum atomic E-state index is 12.8. The molecule has 2 aromatic heterocycles. The van der Waals surface area contributed by atoms with Gasteiger partial charge in [-0.15, -0.1) is 0 Å². The third-order valence-corrected chi connectivity index (χ3v) is 4.87. The Bertz CT molecular complexity index is 982. The molecule has 0 saturated carbocycles. The van der Waals surface area contributed by atoms with Gasteiger partial charge >= 0.3 is 5.69 Å². The van der Waals surface area contributed by atoms with E-state index in [0.717, 1.165) is 4.57 Å². The number of fused-ring (bicyclic) bond motifs is 1. The average Bonchev–Trinajstić information content (AvgIpc) is 2.62. The molecule has 2 heterocycles. The van der Waals surface area contributed by atoms with Crippen LogP contribution in [0.4, 0.5) is 0 Å². The Morgan fingerprint density at radius 2 is 1.89 bits per heavy atom. The number of carbonyl (C=O) groups excluding carboxylic acids is 1. The lowest BCUT2D eigenvalue weighted by Gasteiger charge is -2.29. The number of nitrogens with zero attached hydrogens (tertiary/aromatic N) is 3. The summed E-state index contributed by atoms with van der Waals surface area (Å²) in [5.74, 6) is -0.316. The first kappa shape index (κ1) is 20.8. The number of amides is 1. The minimum atomic E-state index is -0.452. The Morgan fingerprint density at radius 1 is 1.26 bits per heavy atom. The minimum absolute atomic E-state index is 0.133. The van der Waals surface area contributed by atoms with Crippen molar-refractivity contribution < 1.29 is 9.53 Å². The predicted molar refractivity (Wildman–Crippen MR) is 104 cm³/mol. The number of ether oxygens (including phenoxy) is 1. The van der Waals surface area contributed by atoms with Gasteiger partial charge in [-0.1, -0.05) is 27.7 Å². The van der Waals surface area contributed by atoms with E-state index in [0.29, 0.717) is 29.5 Å². The van der Waals surface area contributed by atoms with Crippen LogP contribution in [0.5, 0.6) is 0 Å². The van der Waals surface area contributed by atoms with Crippen molar-refractivity contribution >= 4 is 16.9 Å². The molecule has 1 atom stereocenters. The zero-order valence-electron chi connectivity index (χ0n) is 17.0. The molecular formula is C19H28N4O4. The highest BCUT2D eigenvalue weighted by Crippen LogP contribution is 2.22. The van der Waals surface area contributed by atoms with Gasteiger partial charge in [0.25, 0.3) is 11.5 Å². The van der Waals surface area contributed by atoms with Crippen molar-refractivity contribution in [2.75, 3.05) is 13.7 Å². The summed E-state index contributed by atoms with van der Waals surface area (Å²) >= 11 is 0. The van der Waals surface area contributed by atoms with E-state index in [-0.39, 0.29) is 23.1 Å². The van der Waals surface area contributed by atoms with Gasteiger partial charge in [0.15, 0.2) is 0 Å². The minimum Gasteiger partial charge on any atom is -0.379 e. The maximum Gasteiger partial charge on any atom is 0.332 e. The zero-order valence-corrected chi connectivity index (χ0v) is 17.0. The van der Waals surface area contributed by atoms with E-state index in [9.17, 15) is 14.4 Å². The molecule has 0 radical (unpaired) electrons. The number of methoxy groups -OCH3 is 1. The first-order valence-electron chi connectivity index (χ1n) is 8.93. The Hall–Kier alpha value is -2.48.